The fourth-order valence-corrected chi connectivity index (χ4v) is 2.42. The van der Waals surface area contributed by atoms with Crippen LogP contribution in [0.1, 0.15) is 24.2 Å². The first-order chi connectivity index (χ1) is 11.0. The molecule has 122 valence electrons. The van der Waals surface area contributed by atoms with Gasteiger partial charge in [0.05, 0.1) is 0 Å². The minimum atomic E-state index is -0.425. The number of carbonyl (C=O) groups is 3. The number of nitrogens with zero attached hydrogens (tertiary/aromatic N) is 2. The molecular formula is C17H20N2O4. The molecule has 0 spiro atoms. The molecule has 0 aliphatic carbocycles. The van der Waals surface area contributed by atoms with Crippen molar-refractivity contribution in [3.63, 3.8) is 0 Å². The van der Waals surface area contributed by atoms with Crippen LogP contribution < -0.4 is 4.74 Å². The number of carbonyl (C=O) groups excluding carboxylic acids is 3. The minimum Gasteiger partial charge on any atom is -0.427 e. The molecule has 0 bridgehead atoms. The number of esters is 1. The third-order valence-corrected chi connectivity index (χ3v) is 3.53. The first-order valence-corrected chi connectivity index (χ1v) is 7.50. The molecule has 0 aromatic heterocycles. The van der Waals surface area contributed by atoms with Gasteiger partial charge in [0.2, 0.25) is 5.91 Å². The summed E-state index contributed by atoms with van der Waals surface area (Å²) in [4.78, 5) is 38.7. The average molecular weight is 316 g/mol. The van der Waals surface area contributed by atoms with Crippen LogP contribution in [0.2, 0.25) is 0 Å². The Morgan fingerprint density at radius 2 is 1.74 bits per heavy atom. The fourth-order valence-electron chi connectivity index (χ4n) is 2.42. The molecule has 1 aliphatic heterocycles. The van der Waals surface area contributed by atoms with Crippen molar-refractivity contribution in [3.05, 3.63) is 42.0 Å². The zero-order chi connectivity index (χ0) is 16.8. The lowest BCUT2D eigenvalue weighted by atomic mass is 10.1. The predicted molar refractivity (Wildman–Crippen MR) is 85.0 cm³/mol. The van der Waals surface area contributed by atoms with E-state index in [4.69, 9.17) is 4.74 Å². The molecule has 0 unspecified atom stereocenters. The van der Waals surface area contributed by atoms with E-state index in [-0.39, 0.29) is 11.8 Å². The average Bonchev–Trinajstić information content (AvgIpc) is 2.54. The number of hydrogen-bond acceptors (Lipinski definition) is 4. The van der Waals surface area contributed by atoms with Gasteiger partial charge in [-0.15, -0.1) is 0 Å². The topological polar surface area (TPSA) is 66.9 Å². The molecule has 23 heavy (non-hydrogen) atoms. The maximum Gasteiger partial charge on any atom is 0.308 e. The first kappa shape index (κ1) is 16.7. The summed E-state index contributed by atoms with van der Waals surface area (Å²) in [6, 6.07) is 6.55. The van der Waals surface area contributed by atoms with E-state index in [2.05, 4.69) is 0 Å². The standard InChI is InChI=1S/C17H20N2O4/c1-3-5-16(21)18-8-10-19(11-9-18)17(22)14-6-4-7-15(12-14)23-13(2)20/h3-7,12H,8-11H2,1-2H3/b5-3+. The van der Waals surface area contributed by atoms with Crippen LogP contribution in [0.15, 0.2) is 36.4 Å². The van der Waals surface area contributed by atoms with Gasteiger partial charge < -0.3 is 14.5 Å². The molecule has 0 radical (unpaired) electrons. The zero-order valence-electron chi connectivity index (χ0n) is 13.3. The Hall–Kier alpha value is -2.63. The highest BCUT2D eigenvalue weighted by molar-refractivity contribution is 5.95. The highest BCUT2D eigenvalue weighted by atomic mass is 16.5. The Bertz CT molecular complexity index is 631. The number of amides is 2. The molecule has 2 rings (SSSR count). The summed E-state index contributed by atoms with van der Waals surface area (Å²) >= 11 is 0. The van der Waals surface area contributed by atoms with Crippen LogP contribution in [0, 0.1) is 0 Å². The molecule has 1 aliphatic rings. The Morgan fingerprint density at radius 1 is 1.09 bits per heavy atom. The second-order valence-corrected chi connectivity index (χ2v) is 5.24. The van der Waals surface area contributed by atoms with Crippen LogP contribution in [0.5, 0.6) is 5.75 Å². The first-order valence-electron chi connectivity index (χ1n) is 7.50. The number of benzene rings is 1. The number of hydrogen-bond donors (Lipinski definition) is 0. The lowest BCUT2D eigenvalue weighted by Gasteiger charge is -2.34. The van der Waals surface area contributed by atoms with Crippen LogP contribution in [-0.4, -0.2) is 53.8 Å². The minimum absolute atomic E-state index is 0.0311. The van der Waals surface area contributed by atoms with Gasteiger partial charge in [-0.25, -0.2) is 0 Å². The van der Waals surface area contributed by atoms with Crippen LogP contribution in [0.4, 0.5) is 0 Å². The van der Waals surface area contributed by atoms with Gasteiger partial charge in [-0.05, 0) is 31.2 Å². The molecular weight excluding hydrogens is 296 g/mol. The summed E-state index contributed by atoms with van der Waals surface area (Å²) in [5, 5.41) is 0. The Balaban J connectivity index is 2.00. The number of piperazine rings is 1. The van der Waals surface area contributed by atoms with Gasteiger partial charge in [-0.1, -0.05) is 12.1 Å². The van der Waals surface area contributed by atoms with Gasteiger partial charge in [-0.3, -0.25) is 14.4 Å². The maximum atomic E-state index is 12.5. The molecule has 1 heterocycles. The molecule has 1 fully saturated rings. The summed E-state index contributed by atoms with van der Waals surface area (Å²) in [6.07, 6.45) is 3.24. The van der Waals surface area contributed by atoms with Crippen molar-refractivity contribution in [2.45, 2.75) is 13.8 Å². The molecule has 6 heteroatoms. The summed E-state index contributed by atoms with van der Waals surface area (Å²) in [5.74, 6) is -0.232. The van der Waals surface area contributed by atoms with E-state index in [1.165, 1.54) is 13.0 Å². The van der Waals surface area contributed by atoms with E-state index in [0.717, 1.165) is 0 Å². The molecule has 1 aromatic carbocycles. The predicted octanol–water partition coefficient (Wildman–Crippen LogP) is 1.47. The van der Waals surface area contributed by atoms with E-state index in [1.54, 1.807) is 47.1 Å². The summed E-state index contributed by atoms with van der Waals surface area (Å²) in [5.41, 5.74) is 0.469. The second-order valence-electron chi connectivity index (χ2n) is 5.24. The molecule has 1 saturated heterocycles. The van der Waals surface area contributed by atoms with Crippen LogP contribution >= 0.6 is 0 Å². The number of allylic oxidation sites excluding steroid dienone is 1. The Labute approximate surface area is 135 Å². The van der Waals surface area contributed by atoms with E-state index in [9.17, 15) is 14.4 Å². The quantitative estimate of drug-likeness (QED) is 0.481. The molecule has 1 aromatic rings. The van der Waals surface area contributed by atoms with Crippen molar-refractivity contribution in [2.24, 2.45) is 0 Å². The largest absolute Gasteiger partial charge is 0.427 e. The summed E-state index contributed by atoms with van der Waals surface area (Å²) in [6.45, 7) is 5.11. The molecule has 0 N–H and O–H groups in total. The highest BCUT2D eigenvalue weighted by Crippen LogP contribution is 2.16. The van der Waals surface area contributed by atoms with Gasteiger partial charge in [0.1, 0.15) is 5.75 Å². The Kier molecular flexibility index (Phi) is 5.51. The Morgan fingerprint density at radius 3 is 2.35 bits per heavy atom. The lowest BCUT2D eigenvalue weighted by Crippen LogP contribution is -2.50. The fraction of sp³-hybridized carbons (Fsp3) is 0.353. The lowest BCUT2D eigenvalue weighted by molar-refractivity contribution is -0.132. The molecule has 0 atom stereocenters. The van der Waals surface area contributed by atoms with Crippen molar-refractivity contribution in [3.8, 4) is 5.75 Å². The van der Waals surface area contributed by atoms with Crippen LogP contribution in [-0.2, 0) is 9.59 Å². The third-order valence-electron chi connectivity index (χ3n) is 3.53. The number of ether oxygens (including phenoxy) is 1. The van der Waals surface area contributed by atoms with E-state index >= 15 is 0 Å². The van der Waals surface area contributed by atoms with E-state index < -0.39 is 5.97 Å². The summed E-state index contributed by atoms with van der Waals surface area (Å²) in [7, 11) is 0. The maximum absolute atomic E-state index is 12.5. The zero-order valence-corrected chi connectivity index (χ0v) is 13.3. The normalized spacial score (nSPS) is 14.9. The monoisotopic (exact) mass is 316 g/mol. The van der Waals surface area contributed by atoms with Gasteiger partial charge in [0.15, 0.2) is 0 Å². The van der Waals surface area contributed by atoms with Crippen LogP contribution in [0.3, 0.4) is 0 Å². The van der Waals surface area contributed by atoms with Gasteiger partial charge in [0, 0.05) is 38.7 Å². The second kappa shape index (κ2) is 7.58. The smallest absolute Gasteiger partial charge is 0.308 e. The number of rotatable bonds is 3. The van der Waals surface area contributed by atoms with E-state index in [0.29, 0.717) is 37.5 Å². The summed E-state index contributed by atoms with van der Waals surface area (Å²) < 4.78 is 5.00. The molecule has 0 saturated carbocycles. The van der Waals surface area contributed by atoms with Crippen molar-refractivity contribution >= 4 is 17.8 Å². The van der Waals surface area contributed by atoms with Gasteiger partial charge in [-0.2, -0.15) is 0 Å². The van der Waals surface area contributed by atoms with Crippen molar-refractivity contribution in [2.75, 3.05) is 26.2 Å². The van der Waals surface area contributed by atoms with Gasteiger partial charge in [0.25, 0.3) is 5.91 Å². The van der Waals surface area contributed by atoms with Crippen molar-refractivity contribution in [1.29, 1.82) is 0 Å². The SMILES string of the molecule is C/C=C/C(=O)N1CCN(C(=O)c2cccc(OC(C)=O)c2)CC1. The van der Waals surface area contributed by atoms with Gasteiger partial charge >= 0.3 is 5.97 Å². The molecule has 6 nitrogen and oxygen atoms in total. The van der Waals surface area contributed by atoms with Crippen molar-refractivity contribution in [1.82, 2.24) is 9.80 Å². The van der Waals surface area contributed by atoms with Crippen molar-refractivity contribution < 1.29 is 19.1 Å². The molecule has 2 amide bonds. The van der Waals surface area contributed by atoms with Crippen LogP contribution in [0.25, 0.3) is 0 Å². The third kappa shape index (κ3) is 4.42. The van der Waals surface area contributed by atoms with E-state index in [1.807, 2.05) is 0 Å². The highest BCUT2D eigenvalue weighted by Gasteiger charge is 2.24.